The number of hydrogen-bond acceptors (Lipinski definition) is 7. The standard InChI is InChI=1S/C19H22N2O6S/c1-19(2,3)13-4-6-14(7-5-13)26-11-10-20-16(22)12-27-18(23)15-8-9-17(28-15)21(24)25/h4-9H,10-12H2,1-3H3,(H,20,22). The fourth-order valence-electron chi connectivity index (χ4n) is 2.20. The van der Waals surface area contributed by atoms with Crippen molar-refractivity contribution in [2.24, 2.45) is 0 Å². The minimum atomic E-state index is -0.775. The van der Waals surface area contributed by atoms with Crippen molar-refractivity contribution in [2.45, 2.75) is 26.2 Å². The molecule has 0 bridgehead atoms. The van der Waals surface area contributed by atoms with E-state index in [1.54, 1.807) is 0 Å². The fraction of sp³-hybridized carbons (Fsp3) is 0.368. The van der Waals surface area contributed by atoms with Crippen molar-refractivity contribution in [3.05, 3.63) is 57.0 Å². The average molecular weight is 406 g/mol. The lowest BCUT2D eigenvalue weighted by Crippen LogP contribution is -2.32. The number of carbonyl (C=O) groups is 2. The molecule has 0 saturated heterocycles. The minimum Gasteiger partial charge on any atom is -0.492 e. The third kappa shape index (κ3) is 6.34. The summed E-state index contributed by atoms with van der Waals surface area (Å²) >= 11 is 0.697. The van der Waals surface area contributed by atoms with E-state index < -0.39 is 23.4 Å². The van der Waals surface area contributed by atoms with Gasteiger partial charge in [0, 0.05) is 6.07 Å². The van der Waals surface area contributed by atoms with Crippen LogP contribution in [0.4, 0.5) is 5.00 Å². The van der Waals surface area contributed by atoms with Gasteiger partial charge in [-0.25, -0.2) is 4.79 Å². The Morgan fingerprint density at radius 2 is 1.82 bits per heavy atom. The number of thiophene rings is 1. The predicted octanol–water partition coefficient (Wildman–Crippen LogP) is 3.31. The second kappa shape index (κ2) is 9.32. The molecule has 8 nitrogen and oxygen atoms in total. The van der Waals surface area contributed by atoms with E-state index in [1.807, 2.05) is 24.3 Å². The van der Waals surface area contributed by atoms with Crippen molar-refractivity contribution < 1.29 is 24.0 Å². The van der Waals surface area contributed by atoms with Gasteiger partial charge in [-0.2, -0.15) is 0 Å². The number of nitrogens with one attached hydrogen (secondary N) is 1. The largest absolute Gasteiger partial charge is 0.492 e. The molecule has 0 saturated carbocycles. The highest BCUT2D eigenvalue weighted by molar-refractivity contribution is 7.17. The summed E-state index contributed by atoms with van der Waals surface area (Å²) < 4.78 is 10.4. The van der Waals surface area contributed by atoms with Gasteiger partial charge < -0.3 is 14.8 Å². The summed E-state index contributed by atoms with van der Waals surface area (Å²) in [6, 6.07) is 10.3. The number of nitrogens with zero attached hydrogens (tertiary/aromatic N) is 1. The lowest BCUT2D eigenvalue weighted by atomic mass is 9.87. The molecular weight excluding hydrogens is 384 g/mol. The summed E-state index contributed by atoms with van der Waals surface area (Å²) in [5.74, 6) is -0.553. The Labute approximate surface area is 166 Å². The molecule has 28 heavy (non-hydrogen) atoms. The maximum absolute atomic E-state index is 11.8. The van der Waals surface area contributed by atoms with E-state index in [4.69, 9.17) is 9.47 Å². The molecule has 2 aromatic rings. The summed E-state index contributed by atoms with van der Waals surface area (Å²) in [4.78, 5) is 33.5. The van der Waals surface area contributed by atoms with Gasteiger partial charge in [0.25, 0.3) is 5.91 Å². The van der Waals surface area contributed by atoms with Crippen LogP contribution < -0.4 is 10.1 Å². The normalized spacial score (nSPS) is 11.0. The van der Waals surface area contributed by atoms with Gasteiger partial charge in [-0.15, -0.1) is 0 Å². The molecule has 1 amide bonds. The highest BCUT2D eigenvalue weighted by Crippen LogP contribution is 2.25. The predicted molar refractivity (Wildman–Crippen MR) is 105 cm³/mol. The highest BCUT2D eigenvalue weighted by atomic mass is 32.1. The van der Waals surface area contributed by atoms with E-state index in [0.717, 1.165) is 0 Å². The zero-order valence-corrected chi connectivity index (χ0v) is 16.7. The van der Waals surface area contributed by atoms with E-state index in [2.05, 4.69) is 26.1 Å². The molecule has 150 valence electrons. The molecule has 0 fully saturated rings. The first kappa shape index (κ1) is 21.4. The Hall–Kier alpha value is -2.94. The van der Waals surface area contributed by atoms with Gasteiger partial charge in [0.15, 0.2) is 6.61 Å². The molecule has 0 aliphatic carbocycles. The van der Waals surface area contributed by atoms with Crippen LogP contribution in [0.5, 0.6) is 5.75 Å². The van der Waals surface area contributed by atoms with Gasteiger partial charge in [-0.05, 0) is 29.2 Å². The smallest absolute Gasteiger partial charge is 0.349 e. The molecule has 0 radical (unpaired) electrons. The third-order valence-electron chi connectivity index (χ3n) is 3.72. The molecule has 2 rings (SSSR count). The van der Waals surface area contributed by atoms with Crippen molar-refractivity contribution in [3.63, 3.8) is 0 Å². The molecule has 0 aliphatic heterocycles. The number of ether oxygens (including phenoxy) is 2. The summed E-state index contributed by atoms with van der Waals surface area (Å²) in [7, 11) is 0. The van der Waals surface area contributed by atoms with Crippen LogP contribution in [0.3, 0.4) is 0 Å². The number of nitro groups is 1. The van der Waals surface area contributed by atoms with Crippen LogP contribution in [0, 0.1) is 10.1 Å². The van der Waals surface area contributed by atoms with Crippen molar-refractivity contribution in [3.8, 4) is 5.75 Å². The van der Waals surface area contributed by atoms with E-state index in [0.29, 0.717) is 17.1 Å². The lowest BCUT2D eigenvalue weighted by Gasteiger charge is -2.19. The Morgan fingerprint density at radius 1 is 1.14 bits per heavy atom. The van der Waals surface area contributed by atoms with Crippen LogP contribution in [-0.2, 0) is 14.9 Å². The molecule has 0 atom stereocenters. The molecule has 0 unspecified atom stereocenters. The molecule has 0 aliphatic rings. The number of esters is 1. The quantitative estimate of drug-likeness (QED) is 0.312. The van der Waals surface area contributed by atoms with Crippen LogP contribution in [-0.4, -0.2) is 36.6 Å². The topological polar surface area (TPSA) is 108 Å². The molecule has 1 aromatic carbocycles. The molecule has 9 heteroatoms. The van der Waals surface area contributed by atoms with Crippen molar-refractivity contribution in [1.29, 1.82) is 0 Å². The van der Waals surface area contributed by atoms with Gasteiger partial charge in [0.05, 0.1) is 11.5 Å². The van der Waals surface area contributed by atoms with E-state index in [-0.39, 0.29) is 28.4 Å². The second-order valence-electron chi connectivity index (χ2n) is 6.94. The van der Waals surface area contributed by atoms with Gasteiger partial charge in [-0.3, -0.25) is 14.9 Å². The SMILES string of the molecule is CC(C)(C)c1ccc(OCCNC(=O)COC(=O)c2ccc([N+](=O)[O-])s2)cc1. The highest BCUT2D eigenvalue weighted by Gasteiger charge is 2.17. The number of carbonyl (C=O) groups excluding carboxylic acids is 2. The maximum atomic E-state index is 11.8. The Bertz CT molecular complexity index is 839. The van der Waals surface area contributed by atoms with Gasteiger partial charge >= 0.3 is 11.0 Å². The van der Waals surface area contributed by atoms with Gasteiger partial charge in [-0.1, -0.05) is 44.2 Å². The summed E-state index contributed by atoms with van der Waals surface area (Å²) in [5.41, 5.74) is 1.27. The first-order chi connectivity index (χ1) is 13.2. The van der Waals surface area contributed by atoms with Crippen molar-refractivity contribution in [2.75, 3.05) is 19.8 Å². The fourth-order valence-corrected chi connectivity index (χ4v) is 2.91. The summed E-state index contributed by atoms with van der Waals surface area (Å²) in [5, 5.41) is 13.0. The van der Waals surface area contributed by atoms with Crippen LogP contribution >= 0.6 is 11.3 Å². The van der Waals surface area contributed by atoms with Gasteiger partial charge in [0.2, 0.25) is 0 Å². The molecule has 1 N–H and O–H groups in total. The Kier molecular flexibility index (Phi) is 7.11. The Balaban J connectivity index is 1.67. The first-order valence-electron chi connectivity index (χ1n) is 8.58. The monoisotopic (exact) mass is 406 g/mol. The van der Waals surface area contributed by atoms with Crippen LogP contribution in [0.2, 0.25) is 0 Å². The van der Waals surface area contributed by atoms with Gasteiger partial charge in [0.1, 0.15) is 17.2 Å². The second-order valence-corrected chi connectivity index (χ2v) is 8.01. The summed E-state index contributed by atoms with van der Waals surface area (Å²) in [6.45, 7) is 6.44. The molecular formula is C19H22N2O6S. The third-order valence-corrected chi connectivity index (χ3v) is 4.74. The average Bonchev–Trinajstić information content (AvgIpc) is 3.13. The van der Waals surface area contributed by atoms with E-state index in [9.17, 15) is 19.7 Å². The van der Waals surface area contributed by atoms with Crippen molar-refractivity contribution >= 4 is 28.2 Å². The van der Waals surface area contributed by atoms with E-state index in [1.165, 1.54) is 17.7 Å². The van der Waals surface area contributed by atoms with E-state index >= 15 is 0 Å². The maximum Gasteiger partial charge on any atom is 0.349 e. The summed E-state index contributed by atoms with van der Waals surface area (Å²) in [6.07, 6.45) is 0. The number of hydrogen-bond donors (Lipinski definition) is 1. The number of amides is 1. The molecule has 0 spiro atoms. The van der Waals surface area contributed by atoms with Crippen LogP contribution in [0.25, 0.3) is 0 Å². The van der Waals surface area contributed by atoms with Crippen LogP contribution in [0.15, 0.2) is 36.4 Å². The zero-order valence-electron chi connectivity index (χ0n) is 15.9. The zero-order chi connectivity index (χ0) is 20.7. The molecule has 1 aromatic heterocycles. The van der Waals surface area contributed by atoms with Crippen molar-refractivity contribution in [1.82, 2.24) is 5.32 Å². The first-order valence-corrected chi connectivity index (χ1v) is 9.40. The Morgan fingerprint density at radius 3 is 2.39 bits per heavy atom. The number of rotatable bonds is 8. The lowest BCUT2D eigenvalue weighted by molar-refractivity contribution is -0.380. The molecule has 1 heterocycles. The number of benzene rings is 1. The van der Waals surface area contributed by atoms with Crippen LogP contribution in [0.1, 0.15) is 36.0 Å². The minimum absolute atomic E-state index is 0.0674.